The number of anilines is 3. The first-order valence-electron chi connectivity index (χ1n) is 18.5. The number of rotatable bonds is 3. The second kappa shape index (κ2) is 9.79. The van der Waals surface area contributed by atoms with Crippen LogP contribution in [0.15, 0.2) is 115 Å². The summed E-state index contributed by atoms with van der Waals surface area (Å²) in [6, 6.07) is 44.1. The highest BCUT2D eigenvalue weighted by Gasteiger charge is 2.58. The van der Waals surface area contributed by atoms with E-state index in [2.05, 4.69) is 189 Å². The molecule has 9 rings (SSSR count). The van der Waals surface area contributed by atoms with Crippen LogP contribution in [0.2, 0.25) is 0 Å². The summed E-state index contributed by atoms with van der Waals surface area (Å²) >= 11 is 0. The summed E-state index contributed by atoms with van der Waals surface area (Å²) < 4.78 is 0. The molecule has 0 N–H and O–H groups in total. The summed E-state index contributed by atoms with van der Waals surface area (Å²) in [7, 11) is 0. The van der Waals surface area contributed by atoms with Gasteiger partial charge >= 0.3 is 0 Å². The Morgan fingerprint density at radius 2 is 0.860 bits per heavy atom. The first-order valence-corrected chi connectivity index (χ1v) is 18.5. The maximum absolute atomic E-state index is 2.64. The quantitative estimate of drug-likeness (QED) is 0.184. The minimum absolute atomic E-state index is 0.0171. The van der Waals surface area contributed by atoms with Crippen molar-refractivity contribution in [1.29, 1.82) is 0 Å². The average molecular weight is 652 g/mol. The van der Waals surface area contributed by atoms with E-state index < -0.39 is 0 Å². The van der Waals surface area contributed by atoms with Crippen molar-refractivity contribution in [2.45, 2.75) is 90.9 Å². The lowest BCUT2D eigenvalue weighted by Gasteiger charge is -2.45. The van der Waals surface area contributed by atoms with E-state index in [1.807, 2.05) is 0 Å². The molecular formula is C49H49N. The Bertz CT molecular complexity index is 2310. The van der Waals surface area contributed by atoms with Crippen LogP contribution in [0, 0.1) is 5.41 Å². The predicted molar refractivity (Wildman–Crippen MR) is 214 cm³/mol. The van der Waals surface area contributed by atoms with Gasteiger partial charge in [-0.05, 0) is 102 Å². The van der Waals surface area contributed by atoms with Crippen LogP contribution in [0.25, 0.3) is 33.0 Å². The predicted octanol–water partition coefficient (Wildman–Crippen LogP) is 13.5. The second-order valence-electron chi connectivity index (χ2n) is 17.9. The van der Waals surface area contributed by atoms with E-state index in [1.165, 1.54) is 83.5 Å². The van der Waals surface area contributed by atoms with Gasteiger partial charge in [-0.3, -0.25) is 0 Å². The van der Waals surface area contributed by atoms with Crippen molar-refractivity contribution in [2.24, 2.45) is 5.41 Å². The molecule has 0 atom stereocenters. The number of nitrogens with zero attached hydrogens (tertiary/aromatic N) is 1. The molecule has 0 aliphatic heterocycles. The van der Waals surface area contributed by atoms with Gasteiger partial charge in [0.1, 0.15) is 0 Å². The van der Waals surface area contributed by atoms with Crippen LogP contribution >= 0.6 is 0 Å². The fraction of sp³-hybridized carbons (Fsp3) is 0.306. The standard InChI is InChI=1S/C49H49N/c1-45(2)38-21-15-13-19-34(38)36-25-23-31(28-40(36)45)50(32-24-26-37-35-20-14-16-22-39(35)46(3,4)41(37)29-32)44-33-18-12-11-17-30(33)27-42-43(44)48(7,8)49(9,10)47(42,5)6/h11-29H,1-10H3. The maximum atomic E-state index is 2.64. The van der Waals surface area contributed by atoms with Crippen LogP contribution in [-0.4, -0.2) is 0 Å². The molecule has 3 aliphatic rings. The van der Waals surface area contributed by atoms with E-state index in [-0.39, 0.29) is 27.1 Å². The van der Waals surface area contributed by atoms with Gasteiger partial charge in [0.25, 0.3) is 0 Å². The van der Waals surface area contributed by atoms with E-state index in [9.17, 15) is 0 Å². The molecule has 0 aromatic heterocycles. The molecule has 0 amide bonds. The summed E-state index contributed by atoms with van der Waals surface area (Å²) in [6.07, 6.45) is 0. The Hall–Kier alpha value is -4.62. The molecule has 250 valence electrons. The van der Waals surface area contributed by atoms with E-state index in [0.29, 0.717) is 0 Å². The largest absolute Gasteiger partial charge is 0.310 e. The van der Waals surface area contributed by atoms with E-state index in [1.54, 1.807) is 0 Å². The van der Waals surface area contributed by atoms with Crippen molar-refractivity contribution in [3.8, 4) is 22.3 Å². The molecule has 3 aliphatic carbocycles. The Balaban J connectivity index is 1.39. The topological polar surface area (TPSA) is 3.24 Å². The van der Waals surface area contributed by atoms with Gasteiger partial charge < -0.3 is 4.90 Å². The molecule has 0 fully saturated rings. The molecule has 0 unspecified atom stereocenters. The Labute approximate surface area is 299 Å². The lowest BCUT2D eigenvalue weighted by molar-refractivity contribution is 0.125. The lowest BCUT2D eigenvalue weighted by atomic mass is 9.59. The Morgan fingerprint density at radius 1 is 0.400 bits per heavy atom. The van der Waals surface area contributed by atoms with Gasteiger partial charge in [-0.25, -0.2) is 0 Å². The summed E-state index contributed by atoms with van der Waals surface area (Å²) in [5.74, 6) is 0. The molecule has 0 radical (unpaired) electrons. The monoisotopic (exact) mass is 651 g/mol. The van der Waals surface area contributed by atoms with Crippen LogP contribution in [-0.2, 0) is 21.7 Å². The maximum Gasteiger partial charge on any atom is 0.0580 e. The zero-order valence-electron chi connectivity index (χ0n) is 31.4. The third-order valence-electron chi connectivity index (χ3n) is 14.3. The summed E-state index contributed by atoms with van der Waals surface area (Å²) in [6.45, 7) is 24.4. The smallest absolute Gasteiger partial charge is 0.0580 e. The molecule has 0 saturated heterocycles. The molecule has 0 bridgehead atoms. The van der Waals surface area contributed by atoms with Crippen molar-refractivity contribution in [3.05, 3.63) is 149 Å². The fourth-order valence-electron chi connectivity index (χ4n) is 10.2. The van der Waals surface area contributed by atoms with Crippen molar-refractivity contribution in [3.63, 3.8) is 0 Å². The SMILES string of the molecule is CC1(C)c2ccccc2-c2ccc(N(c3ccc4c(c3)C(C)(C)c3ccccc3-4)c3c4c(cc5ccccc35)C(C)(C)C(C)(C)C4(C)C)cc21. The number of hydrogen-bond donors (Lipinski definition) is 0. The highest BCUT2D eigenvalue weighted by atomic mass is 15.2. The summed E-state index contributed by atoms with van der Waals surface area (Å²) in [5.41, 5.74) is 17.4. The van der Waals surface area contributed by atoms with Gasteiger partial charge in [0, 0.05) is 27.6 Å². The normalized spacial score (nSPS) is 19.0. The van der Waals surface area contributed by atoms with Gasteiger partial charge in [-0.1, -0.05) is 160 Å². The zero-order valence-corrected chi connectivity index (χ0v) is 31.4. The van der Waals surface area contributed by atoms with Gasteiger partial charge in [0.2, 0.25) is 0 Å². The van der Waals surface area contributed by atoms with Crippen LogP contribution in [0.1, 0.15) is 103 Å². The van der Waals surface area contributed by atoms with E-state index in [0.717, 1.165) is 0 Å². The van der Waals surface area contributed by atoms with Crippen molar-refractivity contribution in [2.75, 3.05) is 4.90 Å². The first-order chi connectivity index (χ1) is 23.6. The number of hydrogen-bond acceptors (Lipinski definition) is 1. The van der Waals surface area contributed by atoms with Crippen LogP contribution in [0.3, 0.4) is 0 Å². The lowest BCUT2D eigenvalue weighted by Crippen LogP contribution is -2.42. The van der Waals surface area contributed by atoms with Gasteiger partial charge in [-0.2, -0.15) is 0 Å². The molecule has 0 heterocycles. The highest BCUT2D eigenvalue weighted by Crippen LogP contribution is 2.66. The molecule has 50 heavy (non-hydrogen) atoms. The Kier molecular flexibility index (Phi) is 6.14. The molecule has 1 heteroatoms. The third-order valence-corrected chi connectivity index (χ3v) is 14.3. The molecular weight excluding hydrogens is 603 g/mol. The minimum atomic E-state index is -0.0981. The average Bonchev–Trinajstić information content (AvgIpc) is 3.51. The van der Waals surface area contributed by atoms with Crippen molar-refractivity contribution < 1.29 is 0 Å². The van der Waals surface area contributed by atoms with Gasteiger partial charge in [-0.15, -0.1) is 0 Å². The molecule has 6 aromatic carbocycles. The summed E-state index contributed by atoms with van der Waals surface area (Å²) in [5, 5.41) is 2.61. The zero-order chi connectivity index (χ0) is 35.2. The summed E-state index contributed by atoms with van der Waals surface area (Å²) in [4.78, 5) is 2.64. The molecule has 0 spiro atoms. The van der Waals surface area contributed by atoms with Crippen molar-refractivity contribution in [1.82, 2.24) is 0 Å². The fourth-order valence-corrected chi connectivity index (χ4v) is 10.2. The number of benzene rings is 6. The highest BCUT2D eigenvalue weighted by molar-refractivity contribution is 6.03. The second-order valence-corrected chi connectivity index (χ2v) is 17.9. The van der Waals surface area contributed by atoms with Crippen LogP contribution < -0.4 is 4.90 Å². The first kappa shape index (κ1) is 31.4. The number of fused-ring (bicyclic) bond motifs is 8. The van der Waals surface area contributed by atoms with Crippen LogP contribution in [0.5, 0.6) is 0 Å². The van der Waals surface area contributed by atoms with E-state index >= 15 is 0 Å². The van der Waals surface area contributed by atoms with Gasteiger partial charge in [0.15, 0.2) is 0 Å². The molecule has 6 aromatic rings. The molecule has 0 saturated carbocycles. The van der Waals surface area contributed by atoms with Crippen molar-refractivity contribution >= 4 is 27.8 Å². The minimum Gasteiger partial charge on any atom is -0.310 e. The van der Waals surface area contributed by atoms with Crippen LogP contribution in [0.4, 0.5) is 17.1 Å². The third kappa shape index (κ3) is 3.74. The molecule has 1 nitrogen and oxygen atoms in total. The van der Waals surface area contributed by atoms with Gasteiger partial charge in [0.05, 0.1) is 5.69 Å². The van der Waals surface area contributed by atoms with E-state index in [4.69, 9.17) is 0 Å². The Morgan fingerprint density at radius 3 is 1.40 bits per heavy atom.